The maximum Gasteiger partial charge on any atom is 0.296 e. The Labute approximate surface area is 192 Å². The molecule has 7 nitrogen and oxygen atoms in total. The smallest absolute Gasteiger partial charge is 0.296 e. The first-order valence-corrected chi connectivity index (χ1v) is 11.3. The van der Waals surface area contributed by atoms with Gasteiger partial charge in [-0.1, -0.05) is 24.3 Å². The highest BCUT2D eigenvalue weighted by molar-refractivity contribution is 7.09. The van der Waals surface area contributed by atoms with Crippen LogP contribution in [0.4, 0.5) is 0 Å². The Bertz CT molecular complexity index is 1400. The summed E-state index contributed by atoms with van der Waals surface area (Å²) in [6.07, 6.45) is 0. The second-order valence-corrected chi connectivity index (χ2v) is 8.92. The number of aromatic nitrogens is 1. The van der Waals surface area contributed by atoms with Crippen molar-refractivity contribution in [2.75, 3.05) is 6.79 Å². The number of ether oxygens (including phenoxy) is 2. The number of amides is 1. The highest BCUT2D eigenvalue weighted by atomic mass is 32.1. The van der Waals surface area contributed by atoms with Gasteiger partial charge in [-0.3, -0.25) is 9.59 Å². The SMILES string of the molecule is O=C1C(=O)N(Cc2cccs2)C(c2cc3ccccc3[nH]2)/C1=C(\O)c1ccc2c(c1)OCO2. The van der Waals surface area contributed by atoms with Gasteiger partial charge in [0.05, 0.1) is 12.1 Å². The first kappa shape index (κ1) is 19.6. The number of carbonyl (C=O) groups is 2. The summed E-state index contributed by atoms with van der Waals surface area (Å²) in [6.45, 7) is 0.361. The first-order chi connectivity index (χ1) is 16.1. The Morgan fingerprint density at radius 1 is 1.06 bits per heavy atom. The van der Waals surface area contributed by atoms with E-state index in [9.17, 15) is 14.7 Å². The number of thiophene rings is 1. The highest BCUT2D eigenvalue weighted by Crippen LogP contribution is 2.42. The number of hydrogen-bond acceptors (Lipinski definition) is 6. The number of nitrogens with one attached hydrogen (secondary N) is 1. The molecule has 6 rings (SSSR count). The average molecular weight is 458 g/mol. The molecule has 4 aromatic rings. The molecule has 2 aliphatic rings. The highest BCUT2D eigenvalue weighted by Gasteiger charge is 2.47. The number of aliphatic hydroxyl groups is 1. The molecule has 2 aromatic heterocycles. The van der Waals surface area contributed by atoms with Crippen LogP contribution in [0.5, 0.6) is 11.5 Å². The largest absolute Gasteiger partial charge is 0.507 e. The van der Waals surface area contributed by atoms with E-state index in [0.29, 0.717) is 22.8 Å². The minimum absolute atomic E-state index is 0.0435. The molecule has 164 valence electrons. The van der Waals surface area contributed by atoms with Crippen LogP contribution in [-0.4, -0.2) is 33.5 Å². The van der Waals surface area contributed by atoms with Gasteiger partial charge in [0.2, 0.25) is 6.79 Å². The summed E-state index contributed by atoms with van der Waals surface area (Å²) in [5.41, 5.74) is 1.98. The maximum absolute atomic E-state index is 13.2. The number of benzene rings is 2. The zero-order valence-corrected chi connectivity index (χ0v) is 18.1. The van der Waals surface area contributed by atoms with E-state index in [4.69, 9.17) is 9.47 Å². The fourth-order valence-electron chi connectivity index (χ4n) is 4.38. The molecule has 2 aromatic carbocycles. The number of aromatic amines is 1. The molecular formula is C25H18N2O5S. The quantitative estimate of drug-likeness (QED) is 0.265. The molecule has 0 spiro atoms. The molecule has 33 heavy (non-hydrogen) atoms. The molecule has 4 heterocycles. The molecule has 1 atom stereocenters. The number of nitrogens with zero attached hydrogens (tertiary/aromatic N) is 1. The second kappa shape index (κ2) is 7.53. The monoisotopic (exact) mass is 458 g/mol. The number of ketones is 1. The van der Waals surface area contributed by atoms with Crippen molar-refractivity contribution in [1.29, 1.82) is 0 Å². The van der Waals surface area contributed by atoms with Crippen LogP contribution in [0.1, 0.15) is 22.2 Å². The second-order valence-electron chi connectivity index (χ2n) is 7.89. The van der Waals surface area contributed by atoms with Crippen molar-refractivity contribution in [3.05, 3.63) is 87.8 Å². The Morgan fingerprint density at radius 2 is 1.91 bits per heavy atom. The third-order valence-electron chi connectivity index (χ3n) is 5.94. The van der Waals surface area contributed by atoms with Crippen LogP contribution in [0.25, 0.3) is 16.7 Å². The molecule has 0 saturated carbocycles. The van der Waals surface area contributed by atoms with Crippen LogP contribution in [-0.2, 0) is 16.1 Å². The minimum Gasteiger partial charge on any atom is -0.507 e. The molecule has 1 amide bonds. The van der Waals surface area contributed by atoms with Crippen molar-refractivity contribution in [2.24, 2.45) is 0 Å². The van der Waals surface area contributed by atoms with E-state index in [1.54, 1.807) is 18.2 Å². The van der Waals surface area contributed by atoms with Gasteiger partial charge in [-0.15, -0.1) is 11.3 Å². The summed E-state index contributed by atoms with van der Waals surface area (Å²) in [4.78, 5) is 32.1. The Balaban J connectivity index is 1.52. The maximum atomic E-state index is 13.2. The number of rotatable bonds is 4. The number of H-pyrrole nitrogens is 1. The van der Waals surface area contributed by atoms with E-state index in [-0.39, 0.29) is 24.7 Å². The van der Waals surface area contributed by atoms with Crippen LogP contribution in [0, 0.1) is 0 Å². The van der Waals surface area contributed by atoms with Crippen molar-refractivity contribution in [3.63, 3.8) is 0 Å². The van der Waals surface area contributed by atoms with E-state index in [0.717, 1.165) is 15.8 Å². The number of likely N-dealkylation sites (tertiary alicyclic amines) is 1. The number of aliphatic hydroxyl groups excluding tert-OH is 1. The van der Waals surface area contributed by atoms with E-state index in [1.165, 1.54) is 16.2 Å². The number of para-hydroxylation sites is 1. The summed E-state index contributed by atoms with van der Waals surface area (Å²) in [5, 5.41) is 14.1. The molecule has 1 saturated heterocycles. The Kier molecular flexibility index (Phi) is 4.48. The van der Waals surface area contributed by atoms with Gasteiger partial charge >= 0.3 is 0 Å². The summed E-state index contributed by atoms with van der Waals surface area (Å²) < 4.78 is 10.8. The Hall–Kier alpha value is -4.04. The molecule has 0 aliphatic carbocycles. The van der Waals surface area contributed by atoms with Crippen molar-refractivity contribution < 1.29 is 24.2 Å². The van der Waals surface area contributed by atoms with Gasteiger partial charge in [0.15, 0.2) is 11.5 Å². The van der Waals surface area contributed by atoms with Crippen LogP contribution < -0.4 is 9.47 Å². The summed E-state index contributed by atoms with van der Waals surface area (Å²) in [5.74, 6) is -0.561. The molecular weight excluding hydrogens is 440 g/mol. The van der Waals surface area contributed by atoms with Crippen LogP contribution >= 0.6 is 11.3 Å². The topological polar surface area (TPSA) is 91.9 Å². The van der Waals surface area contributed by atoms with Crippen molar-refractivity contribution in [1.82, 2.24) is 9.88 Å². The molecule has 2 aliphatic heterocycles. The zero-order valence-electron chi connectivity index (χ0n) is 17.3. The van der Waals surface area contributed by atoms with Crippen LogP contribution in [0.15, 0.2) is 71.6 Å². The molecule has 0 radical (unpaired) electrons. The number of Topliss-reactive ketones (excluding diaryl/α,β-unsaturated/α-hetero) is 1. The van der Waals surface area contributed by atoms with Gasteiger partial charge in [-0.25, -0.2) is 0 Å². The number of carbonyl (C=O) groups excluding carboxylic acids is 2. The van der Waals surface area contributed by atoms with E-state index in [1.807, 2.05) is 47.8 Å². The fraction of sp³-hybridized carbons (Fsp3) is 0.120. The van der Waals surface area contributed by atoms with E-state index >= 15 is 0 Å². The Morgan fingerprint density at radius 3 is 2.73 bits per heavy atom. The third kappa shape index (κ3) is 3.18. The molecule has 1 fully saturated rings. The van der Waals surface area contributed by atoms with Crippen LogP contribution in [0.3, 0.4) is 0 Å². The van der Waals surface area contributed by atoms with Crippen molar-refractivity contribution in [3.8, 4) is 11.5 Å². The lowest BCUT2D eigenvalue weighted by atomic mass is 9.98. The summed E-state index contributed by atoms with van der Waals surface area (Å²) in [7, 11) is 0. The number of fused-ring (bicyclic) bond motifs is 2. The predicted molar refractivity (Wildman–Crippen MR) is 123 cm³/mol. The lowest BCUT2D eigenvalue weighted by molar-refractivity contribution is -0.140. The lowest BCUT2D eigenvalue weighted by Crippen LogP contribution is -2.29. The molecule has 8 heteroatoms. The first-order valence-electron chi connectivity index (χ1n) is 10.4. The van der Waals surface area contributed by atoms with Gasteiger partial charge in [0, 0.05) is 21.7 Å². The van der Waals surface area contributed by atoms with Crippen molar-refractivity contribution >= 4 is 39.7 Å². The fourth-order valence-corrected chi connectivity index (χ4v) is 5.08. The minimum atomic E-state index is -0.759. The van der Waals surface area contributed by atoms with Gasteiger partial charge in [-0.05, 0) is 47.2 Å². The normalized spacial score (nSPS) is 19.0. The average Bonchev–Trinajstić information content (AvgIpc) is 3.61. The standard InChI is InChI=1S/C25H18N2O5S/c28-23(15-7-8-19-20(11-15)32-13-31-19)21-22(18-10-14-4-1-2-6-17(14)26-18)27(25(30)24(21)29)12-16-5-3-9-33-16/h1-11,22,26,28H,12-13H2/b23-21+. The summed E-state index contributed by atoms with van der Waals surface area (Å²) >= 11 is 1.51. The summed E-state index contributed by atoms with van der Waals surface area (Å²) in [6, 6.07) is 17.7. The van der Waals surface area contributed by atoms with E-state index < -0.39 is 17.7 Å². The van der Waals surface area contributed by atoms with Crippen molar-refractivity contribution in [2.45, 2.75) is 12.6 Å². The molecule has 1 unspecified atom stereocenters. The van der Waals surface area contributed by atoms with Crippen LogP contribution in [0.2, 0.25) is 0 Å². The van der Waals surface area contributed by atoms with Gasteiger partial charge in [-0.2, -0.15) is 0 Å². The molecule has 2 N–H and O–H groups in total. The van der Waals surface area contributed by atoms with Gasteiger partial charge in [0.1, 0.15) is 11.8 Å². The van der Waals surface area contributed by atoms with E-state index in [2.05, 4.69) is 4.98 Å². The predicted octanol–water partition coefficient (Wildman–Crippen LogP) is 4.58. The number of hydrogen-bond donors (Lipinski definition) is 2. The third-order valence-corrected chi connectivity index (χ3v) is 6.80. The molecule has 0 bridgehead atoms. The zero-order chi connectivity index (χ0) is 22.5. The van der Waals surface area contributed by atoms with Gasteiger partial charge < -0.3 is 24.5 Å². The lowest BCUT2D eigenvalue weighted by Gasteiger charge is -2.23. The van der Waals surface area contributed by atoms with Gasteiger partial charge in [0.25, 0.3) is 11.7 Å².